The van der Waals surface area contributed by atoms with E-state index < -0.39 is 48.2 Å². The molecule has 0 aliphatic heterocycles. The number of nitrogens with one attached hydrogen (secondary N) is 7. The zero-order valence-corrected chi connectivity index (χ0v) is 42.2. The van der Waals surface area contributed by atoms with E-state index in [1.165, 1.54) is 76.7 Å². The predicted molar refractivity (Wildman–Crippen MR) is 263 cm³/mol. The number of unbranched alkanes of at least 4 members (excludes halogenated alkanes) is 14. The van der Waals surface area contributed by atoms with Crippen LogP contribution in [0.15, 0.2) is 12.5 Å². The van der Waals surface area contributed by atoms with Gasteiger partial charge in [-0.2, -0.15) is 0 Å². The normalized spacial score (nSPS) is 12.4. The highest BCUT2D eigenvalue weighted by Crippen LogP contribution is 2.17. The standard InChI is InChI=1S/C49H85N8O14/c1-2-3-4-5-6-7-8-9-10-11-12-13-14-15-19-44(60)57-41(49(66)67)20-21-43(59)53-23-25-68-27-30-71-36-46(62)54-24-26-69-28-29-70-35-45(61)52-22-17-16-18-38(48(65)55-34-47(63)64)31-42(58)40(50)32-39-33-51-37-56-39/h33,37-38,40-41,50H,2-32,34-36H2,1H3,(H,51,56)(H,52,61)(H,53,59)(H,54,62)(H,55,65)(H,57,60)(H,63,64)(H,66,67)/t38-,40+,41+/m1/s1. The number of carboxylic acids is 2. The van der Waals surface area contributed by atoms with Gasteiger partial charge in [-0.15, -0.1) is 0 Å². The van der Waals surface area contributed by atoms with Crippen LogP contribution >= 0.6 is 0 Å². The summed E-state index contributed by atoms with van der Waals surface area (Å²) in [5.74, 6) is -5.64. The molecule has 5 amide bonds. The topological polar surface area (TPSA) is 327 Å². The lowest BCUT2D eigenvalue weighted by molar-refractivity contribution is -0.142. The summed E-state index contributed by atoms with van der Waals surface area (Å²) in [7, 11) is 0. The van der Waals surface area contributed by atoms with Gasteiger partial charge < -0.3 is 60.7 Å². The van der Waals surface area contributed by atoms with Crippen LogP contribution in [0.3, 0.4) is 0 Å². The van der Waals surface area contributed by atoms with Crippen molar-refractivity contribution >= 4 is 47.3 Å². The second-order valence-corrected chi connectivity index (χ2v) is 17.5. The molecule has 3 atom stereocenters. The first-order valence-electron chi connectivity index (χ1n) is 25.7. The number of ether oxygens (including phenoxy) is 4. The van der Waals surface area contributed by atoms with E-state index >= 15 is 0 Å². The van der Waals surface area contributed by atoms with Crippen molar-refractivity contribution in [1.82, 2.24) is 42.3 Å². The summed E-state index contributed by atoms with van der Waals surface area (Å²) < 4.78 is 21.4. The van der Waals surface area contributed by atoms with E-state index in [0.29, 0.717) is 25.0 Å². The molecule has 22 heteroatoms. The minimum Gasteiger partial charge on any atom is -0.480 e. The molecule has 0 unspecified atom stereocenters. The number of carbonyl (C=O) groups excluding carboxylic acids is 6. The number of nitrogens with zero attached hydrogens (tertiary/aromatic N) is 1. The van der Waals surface area contributed by atoms with Gasteiger partial charge in [0, 0.05) is 63.1 Å². The SMILES string of the molecule is CCCCCCCCCCCCCCCCC(=O)N[C@@H](CCC(=O)NCCOCCOCC(=O)NCCOCCOCC(=O)NCCCC[C@H](CC(=O)[C@@H]([NH])Cc1cnc[nH]1)C(=O)NCC(=O)O)C(=O)O. The van der Waals surface area contributed by atoms with Crippen LogP contribution in [0.1, 0.15) is 147 Å². The molecule has 1 radical (unpaired) electrons. The number of aromatic amines is 1. The molecular weight excluding hydrogens is 925 g/mol. The summed E-state index contributed by atoms with van der Waals surface area (Å²) in [5.41, 5.74) is 8.76. The van der Waals surface area contributed by atoms with Crippen molar-refractivity contribution in [3.05, 3.63) is 18.2 Å². The third-order valence-corrected chi connectivity index (χ3v) is 11.3. The van der Waals surface area contributed by atoms with E-state index in [-0.39, 0.29) is 135 Å². The molecule has 1 aromatic rings. The Morgan fingerprint density at radius 3 is 1.68 bits per heavy atom. The number of amides is 5. The van der Waals surface area contributed by atoms with Crippen LogP contribution in [0.4, 0.5) is 0 Å². The van der Waals surface area contributed by atoms with Gasteiger partial charge >= 0.3 is 11.9 Å². The van der Waals surface area contributed by atoms with E-state index in [0.717, 1.165) is 19.3 Å². The van der Waals surface area contributed by atoms with Crippen LogP contribution in [-0.4, -0.2) is 159 Å². The van der Waals surface area contributed by atoms with Crippen molar-refractivity contribution in [3.63, 3.8) is 0 Å². The number of ketones is 1. The molecule has 0 aliphatic carbocycles. The molecule has 0 fully saturated rings. The quantitative estimate of drug-likeness (QED) is 0.0435. The highest BCUT2D eigenvalue weighted by molar-refractivity contribution is 5.90. The maximum Gasteiger partial charge on any atom is 0.326 e. The number of aliphatic carboxylic acids is 2. The maximum atomic E-state index is 12.7. The molecule has 0 aliphatic rings. The Hall–Kier alpha value is -5.03. The van der Waals surface area contributed by atoms with E-state index in [1.54, 1.807) is 0 Å². The summed E-state index contributed by atoms with van der Waals surface area (Å²) in [5, 5.41) is 31.3. The van der Waals surface area contributed by atoms with E-state index in [2.05, 4.69) is 43.5 Å². The fraction of sp³-hybridized carbons (Fsp3) is 0.776. The zero-order chi connectivity index (χ0) is 52.2. The average molecular weight is 1010 g/mol. The lowest BCUT2D eigenvalue weighted by Gasteiger charge is -2.17. The summed E-state index contributed by atoms with van der Waals surface area (Å²) in [6, 6.07) is -2.25. The Morgan fingerprint density at radius 1 is 0.606 bits per heavy atom. The third-order valence-electron chi connectivity index (χ3n) is 11.3. The number of H-pyrrole nitrogens is 1. The predicted octanol–water partition coefficient (Wildman–Crippen LogP) is 3.19. The minimum atomic E-state index is -1.22. The summed E-state index contributed by atoms with van der Waals surface area (Å²) in [6.45, 7) is 2.99. The Kier molecular flexibility index (Phi) is 39.4. The molecular formula is C49H85N8O14. The Balaban J connectivity index is 2.00. The Morgan fingerprint density at radius 2 is 1.14 bits per heavy atom. The maximum absolute atomic E-state index is 12.7. The summed E-state index contributed by atoms with van der Waals surface area (Å²) in [4.78, 5) is 103. The molecule has 22 nitrogen and oxygen atoms in total. The van der Waals surface area contributed by atoms with Crippen molar-refractivity contribution in [3.8, 4) is 0 Å². The zero-order valence-electron chi connectivity index (χ0n) is 42.2. The molecule has 1 rings (SSSR count). The molecule has 0 aromatic carbocycles. The largest absolute Gasteiger partial charge is 0.480 e. The van der Waals surface area contributed by atoms with Gasteiger partial charge in [-0.1, -0.05) is 96.8 Å². The number of carboxylic acid groups (broad SMARTS) is 2. The molecule has 1 aromatic heterocycles. The highest BCUT2D eigenvalue weighted by atomic mass is 16.5. The number of rotatable bonds is 49. The van der Waals surface area contributed by atoms with Crippen LogP contribution in [0.5, 0.6) is 0 Å². The highest BCUT2D eigenvalue weighted by Gasteiger charge is 2.26. The number of aromatic nitrogens is 2. The van der Waals surface area contributed by atoms with Crippen molar-refractivity contribution < 1.29 is 67.5 Å². The minimum absolute atomic E-state index is 0.0277. The van der Waals surface area contributed by atoms with E-state index in [9.17, 15) is 43.5 Å². The van der Waals surface area contributed by atoms with E-state index in [1.807, 2.05) is 0 Å². The molecule has 1 heterocycles. The van der Waals surface area contributed by atoms with Crippen LogP contribution in [0.2, 0.25) is 0 Å². The van der Waals surface area contributed by atoms with E-state index in [4.69, 9.17) is 29.8 Å². The molecule has 0 saturated carbocycles. The number of hydrogen-bond acceptors (Lipinski definition) is 13. The molecule has 0 spiro atoms. The molecule has 0 saturated heterocycles. The van der Waals surface area contributed by atoms with Gasteiger partial charge in [0.15, 0.2) is 5.78 Å². The van der Waals surface area contributed by atoms with Crippen molar-refractivity contribution in [2.75, 3.05) is 79.0 Å². The van der Waals surface area contributed by atoms with Crippen LogP contribution < -0.4 is 32.3 Å². The van der Waals surface area contributed by atoms with Gasteiger partial charge in [0.1, 0.15) is 25.8 Å². The molecule has 0 bridgehead atoms. The van der Waals surface area contributed by atoms with Crippen molar-refractivity contribution in [1.29, 1.82) is 0 Å². The van der Waals surface area contributed by atoms with Gasteiger partial charge in [0.2, 0.25) is 29.5 Å². The number of hydrogen-bond donors (Lipinski definition) is 8. The average Bonchev–Trinajstić information content (AvgIpc) is 3.86. The van der Waals surface area contributed by atoms with Gasteiger partial charge in [-0.25, -0.2) is 15.5 Å². The Bertz CT molecular complexity index is 1620. The van der Waals surface area contributed by atoms with Crippen LogP contribution in [-0.2, 0) is 63.7 Å². The molecule has 71 heavy (non-hydrogen) atoms. The summed E-state index contributed by atoms with van der Waals surface area (Å²) in [6.07, 6.45) is 21.1. The monoisotopic (exact) mass is 1010 g/mol. The lowest BCUT2D eigenvalue weighted by atomic mass is 9.91. The number of imidazole rings is 1. The van der Waals surface area contributed by atoms with Crippen LogP contribution in [0, 0.1) is 5.92 Å². The Labute approximate surface area is 419 Å². The molecule has 405 valence electrons. The lowest BCUT2D eigenvalue weighted by Crippen LogP contribution is -2.41. The first-order valence-corrected chi connectivity index (χ1v) is 25.7. The summed E-state index contributed by atoms with van der Waals surface area (Å²) >= 11 is 0. The first kappa shape index (κ1) is 64.0. The van der Waals surface area contributed by atoms with Crippen LogP contribution in [0.25, 0.3) is 0 Å². The number of carbonyl (C=O) groups is 8. The van der Waals surface area contributed by atoms with Crippen molar-refractivity contribution in [2.45, 2.75) is 160 Å². The fourth-order valence-electron chi connectivity index (χ4n) is 7.26. The first-order chi connectivity index (χ1) is 34.3. The second kappa shape index (κ2) is 43.7. The van der Waals surface area contributed by atoms with Gasteiger partial charge in [0.25, 0.3) is 0 Å². The fourth-order valence-corrected chi connectivity index (χ4v) is 7.26. The third kappa shape index (κ3) is 38.3. The smallest absolute Gasteiger partial charge is 0.326 e. The van der Waals surface area contributed by atoms with Gasteiger partial charge in [-0.3, -0.25) is 33.6 Å². The van der Waals surface area contributed by atoms with Gasteiger partial charge in [-0.05, 0) is 25.7 Å². The second-order valence-electron chi connectivity index (χ2n) is 17.5. The van der Waals surface area contributed by atoms with Crippen molar-refractivity contribution in [2.24, 2.45) is 5.92 Å². The van der Waals surface area contributed by atoms with Gasteiger partial charge in [0.05, 0.1) is 52.0 Å². The molecule has 9 N–H and O–H groups in total. The number of Topliss-reactive ketones (excluding diaryl/α,β-unsaturated/α-hetero) is 1.